The molecule has 0 radical (unpaired) electrons. The van der Waals surface area contributed by atoms with Gasteiger partial charge in [0.15, 0.2) is 0 Å². The summed E-state index contributed by atoms with van der Waals surface area (Å²) in [7, 11) is 0. The van der Waals surface area contributed by atoms with Gasteiger partial charge in [-0.2, -0.15) is 0 Å². The zero-order valence-electron chi connectivity index (χ0n) is 18.6. The number of aromatic nitrogens is 3. The van der Waals surface area contributed by atoms with Crippen LogP contribution in [0.2, 0.25) is 5.02 Å². The van der Waals surface area contributed by atoms with Gasteiger partial charge in [-0.05, 0) is 44.9 Å². The van der Waals surface area contributed by atoms with Crippen molar-refractivity contribution in [3.63, 3.8) is 0 Å². The second-order valence-electron chi connectivity index (χ2n) is 8.13. The molecule has 1 fully saturated rings. The Morgan fingerprint density at radius 2 is 2.00 bits per heavy atom. The molecule has 1 aliphatic heterocycles. The quantitative estimate of drug-likeness (QED) is 0.504. The number of nitrogens with two attached hydrogens (primary N) is 1. The smallest absolute Gasteiger partial charge is 0.411 e. The van der Waals surface area contributed by atoms with E-state index in [9.17, 15) is 14.4 Å². The van der Waals surface area contributed by atoms with Crippen LogP contribution in [0, 0.1) is 0 Å². The lowest BCUT2D eigenvalue weighted by molar-refractivity contribution is -0.121. The number of primary amides is 1. The molecule has 0 unspecified atom stereocenters. The zero-order valence-corrected chi connectivity index (χ0v) is 19.4. The molecule has 12 heteroatoms. The molecule has 0 saturated carbocycles. The molecule has 34 heavy (non-hydrogen) atoms. The first-order chi connectivity index (χ1) is 16.2. The Balaban J connectivity index is 1.55. The minimum Gasteiger partial charge on any atom is -0.447 e. The van der Waals surface area contributed by atoms with Gasteiger partial charge in [0.25, 0.3) is 0 Å². The normalized spacial score (nSPS) is 15.5. The topological polar surface area (TPSA) is 144 Å². The summed E-state index contributed by atoms with van der Waals surface area (Å²) in [6.07, 6.45) is 5.26. The average Bonchev–Trinajstić information content (AvgIpc) is 3.41. The lowest BCUT2D eigenvalue weighted by atomic mass is 10.1. The molecule has 2 aromatic heterocycles. The Hall–Kier alpha value is -3.86. The second-order valence-corrected chi connectivity index (χ2v) is 8.54. The Kier molecular flexibility index (Phi) is 6.55. The number of carbonyl (C=O) groups excluding carboxylic acids is 3. The van der Waals surface area contributed by atoms with Crippen LogP contribution in [0.1, 0.15) is 26.7 Å². The van der Waals surface area contributed by atoms with E-state index < -0.39 is 24.1 Å². The molecule has 0 spiro atoms. The SMILES string of the molecule is CC(C)OC(=O)Nc1cnc2nc(-c3cc(NC(=O)N4CCC[C@H]4C(N)=O)ccc3Cl)cn2c1. The van der Waals surface area contributed by atoms with Crippen molar-refractivity contribution in [2.45, 2.75) is 38.8 Å². The molecule has 1 saturated heterocycles. The van der Waals surface area contributed by atoms with Gasteiger partial charge in [-0.15, -0.1) is 0 Å². The summed E-state index contributed by atoms with van der Waals surface area (Å²) in [6, 6.07) is 3.98. The van der Waals surface area contributed by atoms with Crippen LogP contribution >= 0.6 is 11.6 Å². The highest BCUT2D eigenvalue weighted by Gasteiger charge is 2.32. The minimum atomic E-state index is -0.614. The summed E-state index contributed by atoms with van der Waals surface area (Å²) in [5, 5.41) is 5.83. The Labute approximate surface area is 200 Å². The van der Waals surface area contributed by atoms with Crippen LogP contribution in [0.15, 0.2) is 36.8 Å². The number of carbonyl (C=O) groups is 3. The Morgan fingerprint density at radius 1 is 1.21 bits per heavy atom. The summed E-state index contributed by atoms with van der Waals surface area (Å²) < 4.78 is 6.72. The largest absolute Gasteiger partial charge is 0.447 e. The summed E-state index contributed by atoms with van der Waals surface area (Å²) >= 11 is 6.41. The van der Waals surface area contributed by atoms with Crippen molar-refractivity contribution in [3.05, 3.63) is 41.8 Å². The van der Waals surface area contributed by atoms with E-state index in [4.69, 9.17) is 22.1 Å². The van der Waals surface area contributed by atoms with E-state index in [1.165, 1.54) is 11.1 Å². The number of nitrogens with one attached hydrogen (secondary N) is 2. The number of imidazole rings is 1. The summed E-state index contributed by atoms with van der Waals surface area (Å²) in [5.74, 6) is -0.127. The number of halogens is 1. The number of hydrogen-bond donors (Lipinski definition) is 3. The summed E-state index contributed by atoms with van der Waals surface area (Å²) in [5.41, 5.74) is 7.43. The maximum atomic E-state index is 12.7. The number of amides is 4. The Bertz CT molecular complexity index is 1260. The summed E-state index contributed by atoms with van der Waals surface area (Å²) in [6.45, 7) is 3.97. The number of urea groups is 1. The van der Waals surface area contributed by atoms with Crippen LogP contribution < -0.4 is 16.4 Å². The number of likely N-dealkylation sites (tertiary alicyclic amines) is 1. The van der Waals surface area contributed by atoms with Gasteiger partial charge in [-0.1, -0.05) is 11.6 Å². The van der Waals surface area contributed by atoms with Crippen molar-refractivity contribution >= 4 is 46.8 Å². The van der Waals surface area contributed by atoms with Crippen molar-refractivity contribution in [3.8, 4) is 11.3 Å². The highest BCUT2D eigenvalue weighted by atomic mass is 35.5. The predicted octanol–water partition coefficient (Wildman–Crippen LogP) is 3.49. The number of anilines is 2. The fraction of sp³-hybridized carbons (Fsp3) is 0.318. The molecule has 1 aliphatic rings. The Morgan fingerprint density at radius 3 is 2.74 bits per heavy atom. The van der Waals surface area contributed by atoms with E-state index >= 15 is 0 Å². The van der Waals surface area contributed by atoms with Gasteiger partial charge in [0, 0.05) is 30.2 Å². The first-order valence-corrected chi connectivity index (χ1v) is 11.1. The first-order valence-electron chi connectivity index (χ1n) is 10.7. The molecular weight excluding hydrogens is 462 g/mol. The van der Waals surface area contributed by atoms with Crippen LogP contribution in [-0.2, 0) is 9.53 Å². The van der Waals surface area contributed by atoms with Gasteiger partial charge in [0.2, 0.25) is 11.7 Å². The van der Waals surface area contributed by atoms with Crippen LogP contribution in [0.5, 0.6) is 0 Å². The van der Waals surface area contributed by atoms with Crippen LogP contribution in [0.25, 0.3) is 17.0 Å². The number of hydrogen-bond acceptors (Lipinski definition) is 6. The van der Waals surface area contributed by atoms with Crippen molar-refractivity contribution < 1.29 is 19.1 Å². The number of nitrogens with zero attached hydrogens (tertiary/aromatic N) is 4. The molecule has 0 aliphatic carbocycles. The lowest BCUT2D eigenvalue weighted by Crippen LogP contribution is -2.45. The van der Waals surface area contributed by atoms with Crippen LogP contribution in [0.3, 0.4) is 0 Å². The third-order valence-electron chi connectivity index (χ3n) is 5.23. The maximum Gasteiger partial charge on any atom is 0.411 e. The number of ether oxygens (including phenoxy) is 1. The van der Waals surface area contributed by atoms with E-state index in [-0.39, 0.29) is 6.10 Å². The maximum absolute atomic E-state index is 12.7. The fourth-order valence-corrected chi connectivity index (χ4v) is 3.96. The zero-order chi connectivity index (χ0) is 24.4. The molecule has 3 aromatic rings. The van der Waals surface area contributed by atoms with Gasteiger partial charge < -0.3 is 20.7 Å². The number of benzene rings is 1. The van der Waals surface area contributed by atoms with E-state index in [2.05, 4.69) is 20.6 Å². The third kappa shape index (κ3) is 5.04. The molecule has 1 aromatic carbocycles. The van der Waals surface area contributed by atoms with E-state index in [0.717, 1.165) is 0 Å². The molecule has 4 amide bonds. The van der Waals surface area contributed by atoms with Gasteiger partial charge >= 0.3 is 12.1 Å². The minimum absolute atomic E-state index is 0.251. The molecular formula is C22H24ClN7O4. The molecule has 0 bridgehead atoms. The third-order valence-corrected chi connectivity index (χ3v) is 5.56. The van der Waals surface area contributed by atoms with Gasteiger partial charge in [0.05, 0.1) is 28.7 Å². The molecule has 11 nitrogen and oxygen atoms in total. The number of fused-ring (bicyclic) bond motifs is 1. The highest BCUT2D eigenvalue weighted by Crippen LogP contribution is 2.31. The first kappa shape index (κ1) is 23.3. The van der Waals surface area contributed by atoms with Crippen molar-refractivity contribution in [2.75, 3.05) is 17.2 Å². The van der Waals surface area contributed by atoms with Crippen LogP contribution in [0.4, 0.5) is 21.0 Å². The van der Waals surface area contributed by atoms with Gasteiger partial charge in [0.1, 0.15) is 6.04 Å². The van der Waals surface area contributed by atoms with E-state index in [1.807, 2.05) is 0 Å². The van der Waals surface area contributed by atoms with Crippen LogP contribution in [-0.4, -0.2) is 56.0 Å². The molecule has 1 atom stereocenters. The highest BCUT2D eigenvalue weighted by molar-refractivity contribution is 6.33. The van der Waals surface area contributed by atoms with E-state index in [0.29, 0.717) is 52.8 Å². The van der Waals surface area contributed by atoms with Crippen molar-refractivity contribution in [1.82, 2.24) is 19.3 Å². The number of rotatable bonds is 5. The van der Waals surface area contributed by atoms with E-state index in [1.54, 1.807) is 48.8 Å². The lowest BCUT2D eigenvalue weighted by Gasteiger charge is -2.22. The summed E-state index contributed by atoms with van der Waals surface area (Å²) in [4.78, 5) is 46.3. The molecule has 178 valence electrons. The van der Waals surface area contributed by atoms with Crippen molar-refractivity contribution in [2.24, 2.45) is 5.73 Å². The fourth-order valence-electron chi connectivity index (χ4n) is 3.74. The molecule has 4 N–H and O–H groups in total. The predicted molar refractivity (Wildman–Crippen MR) is 127 cm³/mol. The van der Waals surface area contributed by atoms with Gasteiger partial charge in [-0.25, -0.2) is 19.6 Å². The average molecular weight is 486 g/mol. The molecule has 3 heterocycles. The van der Waals surface area contributed by atoms with Crippen molar-refractivity contribution in [1.29, 1.82) is 0 Å². The standard InChI is InChI=1S/C22H24ClN7O4/c1-12(2)34-22(33)27-14-9-25-20-28-17(11-29(20)10-14)15-8-13(5-6-16(15)23)26-21(32)30-7-3-4-18(30)19(24)31/h5-6,8-12,18H,3-4,7H2,1-2H3,(H2,24,31)(H,26,32)(H,27,33)/t18-/m0/s1. The molecule has 4 rings (SSSR count). The van der Waals surface area contributed by atoms with Gasteiger partial charge in [-0.3, -0.25) is 14.5 Å². The monoisotopic (exact) mass is 485 g/mol. The second kappa shape index (κ2) is 9.56.